The van der Waals surface area contributed by atoms with Gasteiger partial charge < -0.3 is 14.6 Å². The number of carboxylic acids is 1. The maximum absolute atomic E-state index is 13.6. The second-order valence-electron chi connectivity index (χ2n) is 7.78. The highest BCUT2D eigenvalue weighted by atomic mass is 32.1. The number of carbonyl (C=O) groups excluding carboxylic acids is 1. The molecule has 0 unspecified atom stereocenters. The molecule has 0 aliphatic carbocycles. The van der Waals surface area contributed by atoms with Crippen molar-refractivity contribution in [1.29, 1.82) is 0 Å². The largest absolute Gasteiger partial charge is 0.508 e. The van der Waals surface area contributed by atoms with Gasteiger partial charge in [-0.05, 0) is 42.0 Å². The van der Waals surface area contributed by atoms with E-state index in [0.29, 0.717) is 26.8 Å². The number of hydrogen-bond acceptors (Lipinski definition) is 6. The van der Waals surface area contributed by atoms with Gasteiger partial charge in [-0.1, -0.05) is 30.3 Å². The number of aromatic hydroxyl groups is 1. The van der Waals surface area contributed by atoms with E-state index in [-0.39, 0.29) is 22.2 Å². The Kier molecular flexibility index (Phi) is 5.60. The standard InChI is InChI=1S/C26H14F3NO5S/c27-26(28,29)18-4-2-1-3-16(18)22(32)23-21(17-10-9-15(31)11-20(17)36-23)13-5-7-14(8-6-13)24-30-19(12-35-24)25(33)34/h1-12,31H,(H,33,34). The summed E-state index contributed by atoms with van der Waals surface area (Å²) in [5, 5.41) is 19.5. The number of nitrogens with zero attached hydrogens (tertiary/aromatic N) is 1. The molecular weight excluding hydrogens is 495 g/mol. The van der Waals surface area contributed by atoms with Crippen LogP contribution < -0.4 is 0 Å². The number of aromatic nitrogens is 1. The smallest absolute Gasteiger partial charge is 0.417 e. The van der Waals surface area contributed by atoms with Gasteiger partial charge in [0.15, 0.2) is 5.69 Å². The summed E-state index contributed by atoms with van der Waals surface area (Å²) in [6.45, 7) is 0. The number of carboxylic acid groups (broad SMARTS) is 1. The summed E-state index contributed by atoms with van der Waals surface area (Å²) in [6.07, 6.45) is -3.70. The number of aromatic carboxylic acids is 1. The first-order valence-corrected chi connectivity index (χ1v) is 11.2. The number of phenols is 1. The van der Waals surface area contributed by atoms with E-state index in [4.69, 9.17) is 9.52 Å². The van der Waals surface area contributed by atoms with Crippen molar-refractivity contribution in [3.8, 4) is 28.3 Å². The van der Waals surface area contributed by atoms with E-state index in [1.807, 2.05) is 0 Å². The molecule has 2 aromatic heterocycles. The van der Waals surface area contributed by atoms with Gasteiger partial charge in [0, 0.05) is 26.8 Å². The normalized spacial score (nSPS) is 11.6. The number of ketones is 1. The minimum absolute atomic E-state index is 0.0431. The first-order chi connectivity index (χ1) is 17.1. The number of phenolic OH excluding ortho intramolecular Hbond substituents is 1. The Morgan fingerprint density at radius 2 is 1.64 bits per heavy atom. The molecular formula is C26H14F3NO5S. The van der Waals surface area contributed by atoms with E-state index >= 15 is 0 Å². The molecule has 2 N–H and O–H groups in total. The average Bonchev–Trinajstić information content (AvgIpc) is 3.48. The summed E-state index contributed by atoms with van der Waals surface area (Å²) in [4.78, 5) is 28.5. The molecule has 0 spiro atoms. The summed E-state index contributed by atoms with van der Waals surface area (Å²) in [7, 11) is 0. The van der Waals surface area contributed by atoms with Crippen molar-refractivity contribution in [2.24, 2.45) is 0 Å². The SMILES string of the molecule is O=C(O)c1coc(-c2ccc(-c3c(C(=O)c4ccccc4C(F)(F)F)sc4cc(O)ccc34)cc2)n1. The Bertz CT molecular complexity index is 1630. The molecule has 0 saturated carbocycles. The number of halogens is 3. The number of benzene rings is 3. The molecule has 0 radical (unpaired) electrons. The van der Waals surface area contributed by atoms with E-state index in [2.05, 4.69) is 4.98 Å². The number of alkyl halides is 3. The molecule has 0 aliphatic heterocycles. The summed E-state index contributed by atoms with van der Waals surface area (Å²) < 4.78 is 46.6. The van der Waals surface area contributed by atoms with E-state index in [1.165, 1.54) is 24.3 Å². The molecule has 10 heteroatoms. The number of oxazole rings is 1. The maximum atomic E-state index is 13.6. The van der Waals surface area contributed by atoms with E-state index in [1.54, 1.807) is 30.3 Å². The summed E-state index contributed by atoms with van der Waals surface area (Å²) >= 11 is 0.989. The first-order valence-electron chi connectivity index (χ1n) is 10.4. The van der Waals surface area contributed by atoms with Gasteiger partial charge in [0.25, 0.3) is 0 Å². The molecule has 180 valence electrons. The monoisotopic (exact) mass is 509 g/mol. The van der Waals surface area contributed by atoms with E-state index < -0.39 is 29.1 Å². The van der Waals surface area contributed by atoms with Crippen molar-refractivity contribution >= 4 is 33.2 Å². The van der Waals surface area contributed by atoms with Crippen molar-refractivity contribution in [1.82, 2.24) is 4.98 Å². The predicted octanol–water partition coefficient (Wildman–Crippen LogP) is 6.88. The molecule has 0 saturated heterocycles. The fraction of sp³-hybridized carbons (Fsp3) is 0.0385. The van der Waals surface area contributed by atoms with Crippen molar-refractivity contribution in [3.63, 3.8) is 0 Å². The van der Waals surface area contributed by atoms with Crippen LogP contribution in [0, 0.1) is 0 Å². The quantitative estimate of drug-likeness (QED) is 0.251. The molecule has 36 heavy (non-hydrogen) atoms. The Morgan fingerprint density at radius 1 is 0.944 bits per heavy atom. The topological polar surface area (TPSA) is 101 Å². The highest BCUT2D eigenvalue weighted by Crippen LogP contribution is 2.43. The first kappa shape index (κ1) is 23.3. The van der Waals surface area contributed by atoms with Crippen LogP contribution in [-0.2, 0) is 6.18 Å². The zero-order valence-corrected chi connectivity index (χ0v) is 18.9. The lowest BCUT2D eigenvalue weighted by Gasteiger charge is -2.12. The predicted molar refractivity (Wildman–Crippen MR) is 126 cm³/mol. The van der Waals surface area contributed by atoms with Gasteiger partial charge in [0.2, 0.25) is 11.7 Å². The average molecular weight is 509 g/mol. The van der Waals surface area contributed by atoms with Crippen molar-refractivity contribution < 1.29 is 37.4 Å². The molecule has 2 heterocycles. The minimum atomic E-state index is -4.71. The zero-order chi connectivity index (χ0) is 25.6. The van der Waals surface area contributed by atoms with Crippen LogP contribution in [0.3, 0.4) is 0 Å². The Hall–Kier alpha value is -4.44. The van der Waals surface area contributed by atoms with E-state index in [0.717, 1.165) is 29.7 Å². The van der Waals surface area contributed by atoms with Crippen LogP contribution >= 0.6 is 11.3 Å². The fourth-order valence-corrected chi connectivity index (χ4v) is 5.08. The maximum Gasteiger partial charge on any atom is 0.417 e. The highest BCUT2D eigenvalue weighted by Gasteiger charge is 2.36. The van der Waals surface area contributed by atoms with Gasteiger partial charge in [-0.2, -0.15) is 13.2 Å². The summed E-state index contributed by atoms with van der Waals surface area (Å²) in [5.74, 6) is -1.99. The van der Waals surface area contributed by atoms with Gasteiger partial charge in [-0.15, -0.1) is 11.3 Å². The van der Waals surface area contributed by atoms with Crippen LogP contribution in [0.5, 0.6) is 5.75 Å². The number of thiophene rings is 1. The number of rotatable bonds is 5. The molecule has 0 fully saturated rings. The van der Waals surface area contributed by atoms with Crippen molar-refractivity contribution in [2.45, 2.75) is 6.18 Å². The van der Waals surface area contributed by atoms with Gasteiger partial charge in [-0.3, -0.25) is 4.79 Å². The molecule has 0 aliphatic rings. The van der Waals surface area contributed by atoms with Gasteiger partial charge >= 0.3 is 12.1 Å². The zero-order valence-electron chi connectivity index (χ0n) is 18.0. The van der Waals surface area contributed by atoms with Crippen LogP contribution in [0.25, 0.3) is 32.7 Å². The van der Waals surface area contributed by atoms with E-state index in [9.17, 15) is 27.9 Å². The number of hydrogen-bond donors (Lipinski definition) is 2. The lowest BCUT2D eigenvalue weighted by molar-refractivity contribution is -0.137. The molecule has 0 amide bonds. The van der Waals surface area contributed by atoms with Crippen LogP contribution in [0.15, 0.2) is 77.4 Å². The van der Waals surface area contributed by atoms with Crippen LogP contribution in [-0.4, -0.2) is 26.9 Å². The Labute approximate surface area is 204 Å². The highest BCUT2D eigenvalue weighted by molar-refractivity contribution is 7.21. The Balaban J connectivity index is 1.65. The molecule has 0 bridgehead atoms. The van der Waals surface area contributed by atoms with Crippen LogP contribution in [0.1, 0.15) is 31.3 Å². The third-order valence-electron chi connectivity index (χ3n) is 5.50. The third-order valence-corrected chi connectivity index (χ3v) is 6.65. The second kappa shape index (κ2) is 8.65. The van der Waals surface area contributed by atoms with Gasteiger partial charge in [0.05, 0.1) is 10.4 Å². The van der Waals surface area contributed by atoms with Gasteiger partial charge in [0.1, 0.15) is 12.0 Å². The molecule has 0 atom stereocenters. The Morgan fingerprint density at radius 3 is 2.31 bits per heavy atom. The molecule has 5 rings (SSSR count). The van der Waals surface area contributed by atoms with Crippen molar-refractivity contribution in [2.75, 3.05) is 0 Å². The number of carbonyl (C=O) groups is 2. The number of fused-ring (bicyclic) bond motifs is 1. The van der Waals surface area contributed by atoms with Crippen molar-refractivity contribution in [3.05, 3.63) is 94.7 Å². The molecule has 6 nitrogen and oxygen atoms in total. The van der Waals surface area contributed by atoms with Crippen LogP contribution in [0.4, 0.5) is 13.2 Å². The third kappa shape index (κ3) is 4.11. The summed E-state index contributed by atoms with van der Waals surface area (Å²) in [5.41, 5.74) is -0.335. The molecule has 5 aromatic rings. The second-order valence-corrected chi connectivity index (χ2v) is 8.83. The van der Waals surface area contributed by atoms with Gasteiger partial charge in [-0.25, -0.2) is 9.78 Å². The molecule has 3 aromatic carbocycles. The van der Waals surface area contributed by atoms with Crippen LogP contribution in [0.2, 0.25) is 0 Å². The lowest BCUT2D eigenvalue weighted by Crippen LogP contribution is -2.13. The fourth-order valence-electron chi connectivity index (χ4n) is 3.87. The summed E-state index contributed by atoms with van der Waals surface area (Å²) in [6, 6.07) is 15.6. The minimum Gasteiger partial charge on any atom is -0.508 e. The lowest BCUT2D eigenvalue weighted by atomic mass is 9.95.